The molecule has 0 saturated carbocycles. The zero-order valence-corrected chi connectivity index (χ0v) is 16.5. The van der Waals surface area contributed by atoms with Crippen LogP contribution in [0.15, 0.2) is 53.4 Å². The van der Waals surface area contributed by atoms with Crippen LogP contribution in [0.5, 0.6) is 0 Å². The topological polar surface area (TPSA) is 75.3 Å². The van der Waals surface area contributed by atoms with Gasteiger partial charge in [0.05, 0.1) is 10.6 Å². The molecule has 6 heteroatoms. The molecular weight excluding hydrogens is 348 g/mol. The van der Waals surface area contributed by atoms with Crippen molar-refractivity contribution in [1.29, 1.82) is 0 Å². The van der Waals surface area contributed by atoms with E-state index in [0.29, 0.717) is 17.8 Å². The number of amides is 1. The largest absolute Gasteiger partial charge is 0.352 e. The number of carbonyl (C=O) groups is 1. The van der Waals surface area contributed by atoms with Crippen LogP contribution in [0, 0.1) is 0 Å². The number of carbonyl (C=O) groups excluding carboxylic acids is 1. The highest BCUT2D eigenvalue weighted by atomic mass is 32.2. The van der Waals surface area contributed by atoms with E-state index in [9.17, 15) is 13.2 Å². The lowest BCUT2D eigenvalue weighted by Gasteiger charge is -2.23. The van der Waals surface area contributed by atoms with Crippen molar-refractivity contribution >= 4 is 21.6 Å². The monoisotopic (exact) mass is 374 g/mol. The van der Waals surface area contributed by atoms with Gasteiger partial charge in [0.25, 0.3) is 15.9 Å². The number of anilines is 1. The molecule has 0 aromatic heterocycles. The van der Waals surface area contributed by atoms with Crippen molar-refractivity contribution in [1.82, 2.24) is 5.32 Å². The van der Waals surface area contributed by atoms with E-state index in [-0.39, 0.29) is 16.2 Å². The fraction of sp³-hybridized carbons (Fsp3) is 0.350. The molecule has 0 fully saturated rings. The Labute approximate surface area is 155 Å². The van der Waals surface area contributed by atoms with Crippen LogP contribution in [0.25, 0.3) is 0 Å². The lowest BCUT2D eigenvalue weighted by molar-refractivity contribution is 0.0953. The van der Waals surface area contributed by atoms with E-state index in [1.807, 2.05) is 39.8 Å². The molecule has 0 atom stereocenters. The van der Waals surface area contributed by atoms with Crippen LogP contribution in [-0.2, 0) is 15.4 Å². The van der Waals surface area contributed by atoms with Gasteiger partial charge in [-0.1, -0.05) is 52.0 Å². The Morgan fingerprint density at radius 1 is 1.04 bits per heavy atom. The Kier molecular flexibility index (Phi) is 6.08. The summed E-state index contributed by atoms with van der Waals surface area (Å²) in [5, 5.41) is 2.75. The van der Waals surface area contributed by atoms with Crippen LogP contribution in [0.2, 0.25) is 0 Å². The number of hydrogen-bond donors (Lipinski definition) is 2. The van der Waals surface area contributed by atoms with Gasteiger partial charge in [0.1, 0.15) is 0 Å². The molecule has 0 spiro atoms. The maximum atomic E-state index is 12.8. The molecule has 0 radical (unpaired) electrons. The average molecular weight is 375 g/mol. The van der Waals surface area contributed by atoms with Gasteiger partial charge in [0.15, 0.2) is 0 Å². The minimum atomic E-state index is -3.80. The molecule has 0 unspecified atom stereocenters. The fourth-order valence-corrected chi connectivity index (χ4v) is 3.70. The summed E-state index contributed by atoms with van der Waals surface area (Å²) in [4.78, 5) is 12.2. The molecule has 0 aliphatic heterocycles. The number of para-hydroxylation sites is 1. The first kappa shape index (κ1) is 20.0. The number of rotatable bonds is 6. The van der Waals surface area contributed by atoms with Crippen LogP contribution >= 0.6 is 0 Å². The summed E-state index contributed by atoms with van der Waals surface area (Å²) in [6.07, 6.45) is 0.814. The second kappa shape index (κ2) is 7.91. The Balaban J connectivity index is 2.34. The summed E-state index contributed by atoms with van der Waals surface area (Å²) in [7, 11) is -3.80. The molecule has 2 rings (SSSR count). The van der Waals surface area contributed by atoms with E-state index < -0.39 is 10.0 Å². The lowest BCUT2D eigenvalue weighted by Crippen LogP contribution is -2.24. The molecule has 2 N–H and O–H groups in total. The predicted octanol–water partition coefficient (Wildman–Crippen LogP) is 3.92. The first-order valence-corrected chi connectivity index (χ1v) is 10.1. The lowest BCUT2D eigenvalue weighted by atomic mass is 9.86. The van der Waals surface area contributed by atoms with Crippen molar-refractivity contribution in [3.8, 4) is 0 Å². The quantitative estimate of drug-likeness (QED) is 0.804. The molecule has 5 nitrogen and oxygen atoms in total. The summed E-state index contributed by atoms with van der Waals surface area (Å²) in [5.74, 6) is -0.279. The van der Waals surface area contributed by atoms with Gasteiger partial charge >= 0.3 is 0 Å². The highest BCUT2D eigenvalue weighted by Crippen LogP contribution is 2.30. The summed E-state index contributed by atoms with van der Waals surface area (Å²) in [5.41, 5.74) is 1.56. The van der Waals surface area contributed by atoms with E-state index in [1.165, 1.54) is 12.1 Å². The normalized spacial score (nSPS) is 11.8. The predicted molar refractivity (Wildman–Crippen MR) is 105 cm³/mol. The molecule has 0 aliphatic carbocycles. The Hall–Kier alpha value is -2.34. The average Bonchev–Trinajstić information content (AvgIpc) is 2.59. The van der Waals surface area contributed by atoms with Crippen LogP contribution in [0.4, 0.5) is 5.69 Å². The van der Waals surface area contributed by atoms with Gasteiger partial charge in [-0.15, -0.1) is 0 Å². The molecular formula is C20H26N2O3S. The van der Waals surface area contributed by atoms with Gasteiger partial charge in [0.2, 0.25) is 0 Å². The van der Waals surface area contributed by atoms with Crippen molar-refractivity contribution in [3.05, 3.63) is 59.7 Å². The van der Waals surface area contributed by atoms with Crippen LogP contribution < -0.4 is 10.0 Å². The van der Waals surface area contributed by atoms with Gasteiger partial charge in [-0.25, -0.2) is 8.42 Å². The molecule has 140 valence electrons. The maximum absolute atomic E-state index is 12.8. The zero-order valence-electron chi connectivity index (χ0n) is 15.7. The smallest absolute Gasteiger partial charge is 0.261 e. The van der Waals surface area contributed by atoms with Crippen LogP contribution in [0.1, 0.15) is 50.0 Å². The van der Waals surface area contributed by atoms with Crippen LogP contribution in [-0.4, -0.2) is 20.9 Å². The van der Waals surface area contributed by atoms with Crippen molar-refractivity contribution < 1.29 is 13.2 Å². The van der Waals surface area contributed by atoms with E-state index in [1.54, 1.807) is 24.3 Å². The van der Waals surface area contributed by atoms with Gasteiger partial charge in [-0.3, -0.25) is 9.52 Å². The second-order valence-corrected chi connectivity index (χ2v) is 8.87. The van der Waals surface area contributed by atoms with Gasteiger partial charge in [0, 0.05) is 12.1 Å². The third kappa shape index (κ3) is 4.85. The zero-order chi connectivity index (χ0) is 19.4. The van der Waals surface area contributed by atoms with Gasteiger partial charge in [-0.05, 0) is 41.7 Å². The van der Waals surface area contributed by atoms with Crippen molar-refractivity contribution in [2.24, 2.45) is 0 Å². The standard InChI is InChI=1S/C20H26N2O3S/c1-5-13-21-19(23)15-9-8-10-16(14-15)26(24,25)22-18-12-7-6-11-17(18)20(2,3)4/h6-12,14,22H,5,13H2,1-4H3,(H,21,23). The van der Waals surface area contributed by atoms with Crippen LogP contribution in [0.3, 0.4) is 0 Å². The third-order valence-electron chi connectivity index (χ3n) is 3.92. The van der Waals surface area contributed by atoms with Crippen molar-refractivity contribution in [2.75, 3.05) is 11.3 Å². The van der Waals surface area contributed by atoms with Crippen molar-refractivity contribution in [3.63, 3.8) is 0 Å². The molecule has 26 heavy (non-hydrogen) atoms. The minimum Gasteiger partial charge on any atom is -0.352 e. The van der Waals surface area contributed by atoms with Gasteiger partial charge < -0.3 is 5.32 Å². The highest BCUT2D eigenvalue weighted by Gasteiger charge is 2.22. The maximum Gasteiger partial charge on any atom is 0.261 e. The summed E-state index contributed by atoms with van der Waals surface area (Å²) in [6, 6.07) is 13.4. The Bertz CT molecular complexity index is 884. The third-order valence-corrected chi connectivity index (χ3v) is 5.28. The summed E-state index contributed by atoms with van der Waals surface area (Å²) in [6.45, 7) is 8.58. The second-order valence-electron chi connectivity index (χ2n) is 7.18. The van der Waals surface area contributed by atoms with E-state index >= 15 is 0 Å². The molecule has 0 bridgehead atoms. The molecule has 1 amide bonds. The molecule has 2 aromatic carbocycles. The summed E-state index contributed by atoms with van der Waals surface area (Å²) < 4.78 is 28.3. The first-order chi connectivity index (χ1) is 12.1. The Morgan fingerprint density at radius 3 is 2.38 bits per heavy atom. The van der Waals surface area contributed by atoms with Gasteiger partial charge in [-0.2, -0.15) is 0 Å². The minimum absolute atomic E-state index is 0.0605. The number of nitrogens with one attached hydrogen (secondary N) is 2. The summed E-state index contributed by atoms with van der Waals surface area (Å²) >= 11 is 0. The number of hydrogen-bond acceptors (Lipinski definition) is 3. The molecule has 0 heterocycles. The van der Waals surface area contributed by atoms with E-state index in [0.717, 1.165) is 12.0 Å². The SMILES string of the molecule is CCCNC(=O)c1cccc(S(=O)(=O)Nc2ccccc2C(C)(C)C)c1. The highest BCUT2D eigenvalue weighted by molar-refractivity contribution is 7.92. The molecule has 0 aliphatic rings. The van der Waals surface area contributed by atoms with E-state index in [4.69, 9.17) is 0 Å². The first-order valence-electron chi connectivity index (χ1n) is 8.66. The fourth-order valence-electron chi connectivity index (χ4n) is 2.57. The Morgan fingerprint density at radius 2 is 1.73 bits per heavy atom. The van der Waals surface area contributed by atoms with E-state index in [2.05, 4.69) is 10.0 Å². The number of benzene rings is 2. The molecule has 2 aromatic rings. The number of sulfonamides is 1. The molecule has 0 saturated heterocycles. The van der Waals surface area contributed by atoms with Crippen molar-refractivity contribution in [2.45, 2.75) is 44.4 Å².